The van der Waals surface area contributed by atoms with Crippen molar-refractivity contribution in [3.63, 3.8) is 0 Å². The lowest BCUT2D eigenvalue weighted by atomic mass is 10.1. The van der Waals surface area contributed by atoms with E-state index in [4.69, 9.17) is 4.74 Å². The van der Waals surface area contributed by atoms with Crippen LogP contribution in [-0.2, 0) is 6.42 Å². The molecule has 1 rings (SSSR count). The molecule has 0 aliphatic heterocycles. The van der Waals surface area contributed by atoms with Crippen LogP contribution < -0.4 is 10.1 Å². The van der Waals surface area contributed by atoms with Gasteiger partial charge in [-0.25, -0.2) is 0 Å². The normalized spacial score (nSPS) is 10.1. The average molecular weight is 193 g/mol. The average Bonchev–Trinajstić information content (AvgIpc) is 2.24. The molecular weight excluding hydrogens is 174 g/mol. The van der Waals surface area contributed by atoms with Gasteiger partial charge >= 0.3 is 0 Å². The monoisotopic (exact) mass is 193 g/mol. The van der Waals surface area contributed by atoms with Crippen molar-refractivity contribution >= 4 is 0 Å². The van der Waals surface area contributed by atoms with Crippen LogP contribution in [0.5, 0.6) is 5.75 Å². The lowest BCUT2D eigenvalue weighted by molar-refractivity contribution is 0.314. The summed E-state index contributed by atoms with van der Waals surface area (Å²) < 4.78 is 5.66. The number of ether oxygens (including phenoxy) is 1. The van der Waals surface area contributed by atoms with Crippen molar-refractivity contribution in [3.8, 4) is 5.75 Å². The zero-order chi connectivity index (χ0) is 10.2. The van der Waals surface area contributed by atoms with Crippen LogP contribution in [0.25, 0.3) is 0 Å². The van der Waals surface area contributed by atoms with Crippen LogP contribution in [0.15, 0.2) is 24.3 Å². The lowest BCUT2D eigenvalue weighted by Crippen LogP contribution is -2.11. The largest absolute Gasteiger partial charge is 0.493 e. The number of benzene rings is 1. The third-order valence-corrected chi connectivity index (χ3v) is 2.08. The summed E-state index contributed by atoms with van der Waals surface area (Å²) in [6.45, 7) is 3.92. The Morgan fingerprint density at radius 2 is 2.07 bits per heavy atom. The molecule has 0 bridgehead atoms. The predicted molar refractivity (Wildman–Crippen MR) is 59.9 cm³/mol. The van der Waals surface area contributed by atoms with Gasteiger partial charge in [-0.1, -0.05) is 25.1 Å². The molecule has 0 aromatic heterocycles. The number of likely N-dealkylation sites (N-methyl/N-ethyl adjacent to an activating group) is 1. The summed E-state index contributed by atoms with van der Waals surface area (Å²) in [7, 11) is 1.97. The summed E-state index contributed by atoms with van der Waals surface area (Å²) in [5.74, 6) is 1.03. The van der Waals surface area contributed by atoms with E-state index in [1.54, 1.807) is 0 Å². The fraction of sp³-hybridized carbons (Fsp3) is 0.500. The minimum absolute atomic E-state index is 0.802. The first kappa shape index (κ1) is 11.1. The molecule has 0 spiro atoms. The Hall–Kier alpha value is -1.02. The molecule has 0 aliphatic carbocycles. The van der Waals surface area contributed by atoms with Crippen molar-refractivity contribution in [2.75, 3.05) is 20.2 Å². The molecule has 1 aromatic carbocycles. The third kappa shape index (κ3) is 3.38. The zero-order valence-electron chi connectivity index (χ0n) is 9.05. The van der Waals surface area contributed by atoms with Crippen molar-refractivity contribution in [2.24, 2.45) is 0 Å². The molecule has 1 N–H and O–H groups in total. The molecule has 0 heterocycles. The summed E-state index contributed by atoms with van der Waals surface area (Å²) in [6.07, 6.45) is 2.08. The maximum Gasteiger partial charge on any atom is 0.122 e. The topological polar surface area (TPSA) is 21.3 Å². The van der Waals surface area contributed by atoms with Gasteiger partial charge in [-0.05, 0) is 38.1 Å². The molecule has 0 unspecified atom stereocenters. The Morgan fingerprint density at radius 1 is 1.29 bits per heavy atom. The smallest absolute Gasteiger partial charge is 0.122 e. The summed E-state index contributed by atoms with van der Waals surface area (Å²) in [5, 5.41) is 3.14. The Kier molecular flexibility index (Phi) is 5.08. The van der Waals surface area contributed by atoms with Gasteiger partial charge in [-0.15, -0.1) is 0 Å². The zero-order valence-corrected chi connectivity index (χ0v) is 9.05. The summed E-state index contributed by atoms with van der Waals surface area (Å²) in [5.41, 5.74) is 1.29. The Morgan fingerprint density at radius 3 is 2.79 bits per heavy atom. The number of nitrogens with one attached hydrogen (secondary N) is 1. The summed E-state index contributed by atoms with van der Waals surface area (Å²) in [6, 6.07) is 8.25. The molecule has 0 radical (unpaired) electrons. The van der Waals surface area contributed by atoms with Gasteiger partial charge in [0, 0.05) is 0 Å². The first-order chi connectivity index (χ1) is 6.88. The summed E-state index contributed by atoms with van der Waals surface area (Å²) >= 11 is 0. The highest BCUT2D eigenvalue weighted by Crippen LogP contribution is 2.18. The highest BCUT2D eigenvalue weighted by molar-refractivity contribution is 5.33. The maximum absolute atomic E-state index is 5.66. The van der Waals surface area contributed by atoms with E-state index in [0.29, 0.717) is 0 Å². The van der Waals surface area contributed by atoms with E-state index in [-0.39, 0.29) is 0 Å². The molecule has 1 aromatic rings. The van der Waals surface area contributed by atoms with Gasteiger partial charge < -0.3 is 10.1 Å². The van der Waals surface area contributed by atoms with Crippen molar-refractivity contribution in [2.45, 2.75) is 19.8 Å². The van der Waals surface area contributed by atoms with Crippen molar-refractivity contribution < 1.29 is 4.74 Å². The van der Waals surface area contributed by atoms with Gasteiger partial charge in [0.25, 0.3) is 0 Å². The minimum Gasteiger partial charge on any atom is -0.493 e. The number of rotatable bonds is 6. The van der Waals surface area contributed by atoms with Crippen LogP contribution in [0, 0.1) is 0 Å². The van der Waals surface area contributed by atoms with Crippen molar-refractivity contribution in [3.05, 3.63) is 29.8 Å². The van der Waals surface area contributed by atoms with E-state index in [1.165, 1.54) is 5.56 Å². The number of hydrogen-bond donors (Lipinski definition) is 1. The van der Waals surface area contributed by atoms with E-state index >= 15 is 0 Å². The molecule has 78 valence electrons. The van der Waals surface area contributed by atoms with E-state index in [0.717, 1.165) is 31.7 Å². The van der Waals surface area contributed by atoms with Crippen molar-refractivity contribution in [1.29, 1.82) is 0 Å². The van der Waals surface area contributed by atoms with Gasteiger partial charge in [0.2, 0.25) is 0 Å². The van der Waals surface area contributed by atoms with Crippen LogP contribution in [-0.4, -0.2) is 20.2 Å². The Balaban J connectivity index is 2.60. The Bertz CT molecular complexity index is 233. The van der Waals surface area contributed by atoms with Gasteiger partial charge in [0.1, 0.15) is 5.75 Å². The van der Waals surface area contributed by atoms with Crippen LogP contribution in [0.3, 0.4) is 0 Å². The van der Waals surface area contributed by atoms with Crippen LogP contribution in [0.4, 0.5) is 0 Å². The van der Waals surface area contributed by atoms with Gasteiger partial charge in [-0.2, -0.15) is 0 Å². The van der Waals surface area contributed by atoms with Crippen LogP contribution >= 0.6 is 0 Å². The molecule has 0 saturated carbocycles. The standard InChI is InChI=1S/C12H19NO/c1-3-10-14-12-7-5-4-6-11(12)8-9-13-2/h4-7,13H,3,8-10H2,1-2H3. The predicted octanol–water partition coefficient (Wildman–Crippen LogP) is 2.24. The molecule has 2 nitrogen and oxygen atoms in total. The first-order valence-corrected chi connectivity index (χ1v) is 5.23. The molecule has 0 atom stereocenters. The fourth-order valence-electron chi connectivity index (χ4n) is 1.32. The third-order valence-electron chi connectivity index (χ3n) is 2.08. The molecular formula is C12H19NO. The minimum atomic E-state index is 0.802. The van der Waals surface area contributed by atoms with E-state index in [1.807, 2.05) is 19.2 Å². The molecule has 0 aliphatic rings. The molecule has 0 fully saturated rings. The second-order valence-corrected chi connectivity index (χ2v) is 3.31. The highest BCUT2D eigenvalue weighted by atomic mass is 16.5. The van der Waals surface area contributed by atoms with Crippen LogP contribution in [0.2, 0.25) is 0 Å². The quantitative estimate of drug-likeness (QED) is 0.748. The molecule has 0 saturated heterocycles. The number of hydrogen-bond acceptors (Lipinski definition) is 2. The van der Waals surface area contributed by atoms with E-state index in [2.05, 4.69) is 24.4 Å². The van der Waals surface area contributed by atoms with Crippen molar-refractivity contribution in [1.82, 2.24) is 5.32 Å². The molecule has 0 amide bonds. The maximum atomic E-state index is 5.66. The van der Waals surface area contributed by atoms with Crippen LogP contribution in [0.1, 0.15) is 18.9 Å². The second kappa shape index (κ2) is 6.44. The van der Waals surface area contributed by atoms with Gasteiger partial charge in [0.15, 0.2) is 0 Å². The summed E-state index contributed by atoms with van der Waals surface area (Å²) in [4.78, 5) is 0. The molecule has 2 heteroatoms. The van der Waals surface area contributed by atoms with Gasteiger partial charge in [0.05, 0.1) is 6.61 Å². The Labute approximate surface area is 86.3 Å². The SMILES string of the molecule is CCCOc1ccccc1CCNC. The van der Waals surface area contributed by atoms with E-state index in [9.17, 15) is 0 Å². The number of para-hydroxylation sites is 1. The first-order valence-electron chi connectivity index (χ1n) is 5.23. The van der Waals surface area contributed by atoms with E-state index < -0.39 is 0 Å². The second-order valence-electron chi connectivity index (χ2n) is 3.31. The fourth-order valence-corrected chi connectivity index (χ4v) is 1.32. The molecule has 14 heavy (non-hydrogen) atoms. The lowest BCUT2D eigenvalue weighted by Gasteiger charge is -2.10. The van der Waals surface area contributed by atoms with Gasteiger partial charge in [-0.3, -0.25) is 0 Å². The highest BCUT2D eigenvalue weighted by Gasteiger charge is 2.00.